The van der Waals surface area contributed by atoms with Crippen molar-refractivity contribution >= 4 is 40.1 Å². The van der Waals surface area contributed by atoms with E-state index in [9.17, 15) is 4.79 Å². The fraction of sp³-hybridized carbons (Fsp3) is 0.0909. The standard InChI is InChI=1S/C22H18Cl2N4O3/c1-30-20-10-12(6-8-19(20)31-11-14-15(23)3-2-4-16(14)24)21-26-17-7-5-13(22(29)28-25)9-18(17)27-21/h2-10H,11,25H2,1H3,(H,26,27)(H,28,29). The van der Waals surface area contributed by atoms with Gasteiger partial charge in [0.1, 0.15) is 12.4 Å². The van der Waals surface area contributed by atoms with E-state index in [-0.39, 0.29) is 12.5 Å². The molecule has 0 aliphatic carbocycles. The first kappa shape index (κ1) is 21.0. The van der Waals surface area contributed by atoms with Gasteiger partial charge >= 0.3 is 0 Å². The van der Waals surface area contributed by atoms with Crippen molar-refractivity contribution in [3.8, 4) is 22.9 Å². The van der Waals surface area contributed by atoms with Gasteiger partial charge < -0.3 is 14.5 Å². The van der Waals surface area contributed by atoms with Crippen molar-refractivity contribution in [3.63, 3.8) is 0 Å². The van der Waals surface area contributed by atoms with Crippen LogP contribution in [0, 0.1) is 0 Å². The molecule has 0 spiro atoms. The summed E-state index contributed by atoms with van der Waals surface area (Å²) in [6.45, 7) is 0.199. The van der Waals surface area contributed by atoms with Crippen molar-refractivity contribution in [1.29, 1.82) is 0 Å². The van der Waals surface area contributed by atoms with Gasteiger partial charge in [-0.1, -0.05) is 29.3 Å². The second-order valence-corrected chi connectivity index (χ2v) is 7.46. The Morgan fingerprint density at radius 1 is 1.10 bits per heavy atom. The second-order valence-electron chi connectivity index (χ2n) is 6.65. The molecule has 7 nitrogen and oxygen atoms in total. The Hall–Kier alpha value is -3.26. The van der Waals surface area contributed by atoms with Crippen molar-refractivity contribution in [2.24, 2.45) is 5.84 Å². The van der Waals surface area contributed by atoms with Gasteiger partial charge in [0.25, 0.3) is 5.91 Å². The maximum atomic E-state index is 11.7. The van der Waals surface area contributed by atoms with E-state index in [4.69, 9.17) is 38.5 Å². The van der Waals surface area contributed by atoms with Crippen LogP contribution >= 0.6 is 23.2 Å². The molecule has 0 aliphatic rings. The Morgan fingerprint density at radius 3 is 2.58 bits per heavy atom. The number of imidazole rings is 1. The van der Waals surface area contributed by atoms with E-state index in [2.05, 4.69) is 15.4 Å². The van der Waals surface area contributed by atoms with E-state index in [0.29, 0.717) is 44.0 Å². The van der Waals surface area contributed by atoms with Gasteiger partial charge in [0.15, 0.2) is 11.5 Å². The number of nitrogen functional groups attached to an aromatic ring is 1. The predicted octanol–water partition coefficient (Wildman–Crippen LogP) is 4.73. The predicted molar refractivity (Wildman–Crippen MR) is 121 cm³/mol. The van der Waals surface area contributed by atoms with Crippen LogP contribution in [0.3, 0.4) is 0 Å². The molecule has 1 amide bonds. The zero-order valence-corrected chi connectivity index (χ0v) is 17.9. The third kappa shape index (κ3) is 4.29. The first-order valence-electron chi connectivity index (χ1n) is 9.25. The lowest BCUT2D eigenvalue weighted by molar-refractivity contribution is 0.0954. The van der Waals surface area contributed by atoms with Gasteiger partial charge in [0.2, 0.25) is 0 Å². The Morgan fingerprint density at radius 2 is 1.87 bits per heavy atom. The third-order valence-electron chi connectivity index (χ3n) is 4.75. The number of aromatic nitrogens is 2. The van der Waals surface area contributed by atoms with Crippen molar-refractivity contribution in [1.82, 2.24) is 15.4 Å². The molecule has 0 bridgehead atoms. The molecule has 0 saturated carbocycles. The smallest absolute Gasteiger partial charge is 0.265 e. The molecule has 1 aromatic heterocycles. The Balaban J connectivity index is 1.61. The van der Waals surface area contributed by atoms with Crippen LogP contribution in [0.1, 0.15) is 15.9 Å². The summed E-state index contributed by atoms with van der Waals surface area (Å²) < 4.78 is 11.4. The molecule has 158 valence electrons. The number of hydrazine groups is 1. The summed E-state index contributed by atoms with van der Waals surface area (Å²) in [5.41, 5.74) is 5.47. The molecular formula is C22H18Cl2N4O3. The summed E-state index contributed by atoms with van der Waals surface area (Å²) in [5, 5.41) is 1.07. The molecule has 31 heavy (non-hydrogen) atoms. The molecule has 0 fully saturated rings. The number of hydrogen-bond acceptors (Lipinski definition) is 5. The van der Waals surface area contributed by atoms with Crippen LogP contribution < -0.4 is 20.7 Å². The largest absolute Gasteiger partial charge is 0.493 e. The van der Waals surface area contributed by atoms with Gasteiger partial charge in [-0.3, -0.25) is 10.2 Å². The normalized spacial score (nSPS) is 10.8. The number of carbonyl (C=O) groups is 1. The zero-order chi connectivity index (χ0) is 22.0. The third-order valence-corrected chi connectivity index (χ3v) is 5.45. The summed E-state index contributed by atoms with van der Waals surface area (Å²) in [4.78, 5) is 19.5. The van der Waals surface area contributed by atoms with Crippen LogP contribution in [0.2, 0.25) is 10.0 Å². The summed E-state index contributed by atoms with van der Waals surface area (Å²) in [6, 6.07) is 15.9. The number of nitrogens with one attached hydrogen (secondary N) is 2. The molecule has 9 heteroatoms. The average molecular weight is 457 g/mol. The van der Waals surface area contributed by atoms with Crippen molar-refractivity contribution in [3.05, 3.63) is 75.8 Å². The monoisotopic (exact) mass is 456 g/mol. The number of amides is 1. The average Bonchev–Trinajstić information content (AvgIpc) is 3.21. The molecule has 4 rings (SSSR count). The van der Waals surface area contributed by atoms with Crippen molar-refractivity contribution < 1.29 is 14.3 Å². The van der Waals surface area contributed by atoms with Crippen LogP contribution in [0.15, 0.2) is 54.6 Å². The topological polar surface area (TPSA) is 102 Å². The number of ether oxygens (including phenoxy) is 2. The number of H-pyrrole nitrogens is 1. The minimum atomic E-state index is -0.375. The van der Waals surface area contributed by atoms with Crippen LogP contribution in [-0.2, 0) is 6.61 Å². The fourth-order valence-corrected chi connectivity index (χ4v) is 3.63. The summed E-state index contributed by atoms with van der Waals surface area (Å²) >= 11 is 12.4. The van der Waals surface area contributed by atoms with E-state index in [0.717, 1.165) is 11.1 Å². The lowest BCUT2D eigenvalue weighted by Crippen LogP contribution is -2.29. The molecule has 3 aromatic carbocycles. The molecule has 0 atom stereocenters. The first-order chi connectivity index (χ1) is 15.0. The lowest BCUT2D eigenvalue weighted by atomic mass is 10.2. The maximum Gasteiger partial charge on any atom is 0.265 e. The number of fused-ring (bicyclic) bond motifs is 1. The molecule has 0 radical (unpaired) electrons. The van der Waals surface area contributed by atoms with Crippen LogP contribution in [-0.4, -0.2) is 23.0 Å². The van der Waals surface area contributed by atoms with Crippen LogP contribution in [0.4, 0.5) is 0 Å². The Kier molecular flexibility index (Phi) is 5.99. The van der Waals surface area contributed by atoms with Crippen LogP contribution in [0.5, 0.6) is 11.5 Å². The first-order valence-corrected chi connectivity index (χ1v) is 10.0. The SMILES string of the molecule is COc1cc(-c2nc3ccc(C(=O)NN)cc3[nH]2)ccc1OCc1c(Cl)cccc1Cl. The highest BCUT2D eigenvalue weighted by Crippen LogP contribution is 2.34. The number of methoxy groups -OCH3 is 1. The zero-order valence-electron chi connectivity index (χ0n) is 16.4. The number of aromatic amines is 1. The van der Waals surface area contributed by atoms with Gasteiger partial charge in [0.05, 0.1) is 18.1 Å². The Bertz CT molecular complexity index is 1250. The molecule has 0 unspecified atom stereocenters. The minimum absolute atomic E-state index is 0.199. The highest BCUT2D eigenvalue weighted by atomic mass is 35.5. The number of nitrogens with zero attached hydrogens (tertiary/aromatic N) is 1. The van der Waals surface area contributed by atoms with Gasteiger partial charge in [0, 0.05) is 26.7 Å². The summed E-state index contributed by atoms with van der Waals surface area (Å²) in [6.07, 6.45) is 0. The Labute approximate surface area is 188 Å². The number of carbonyl (C=O) groups excluding carboxylic acids is 1. The van der Waals surface area contributed by atoms with E-state index in [1.54, 1.807) is 49.6 Å². The van der Waals surface area contributed by atoms with E-state index in [1.165, 1.54) is 0 Å². The van der Waals surface area contributed by atoms with Crippen LogP contribution in [0.25, 0.3) is 22.4 Å². The number of halogens is 2. The van der Waals surface area contributed by atoms with E-state index < -0.39 is 0 Å². The van der Waals surface area contributed by atoms with E-state index in [1.807, 2.05) is 12.1 Å². The lowest BCUT2D eigenvalue weighted by Gasteiger charge is -2.13. The minimum Gasteiger partial charge on any atom is -0.493 e. The van der Waals surface area contributed by atoms with Gasteiger partial charge in [-0.05, 0) is 48.5 Å². The van der Waals surface area contributed by atoms with Gasteiger partial charge in [-0.25, -0.2) is 10.8 Å². The number of nitrogens with two attached hydrogens (primary N) is 1. The molecule has 0 saturated heterocycles. The molecule has 4 N–H and O–H groups in total. The molecule has 1 heterocycles. The van der Waals surface area contributed by atoms with E-state index >= 15 is 0 Å². The quantitative estimate of drug-likeness (QED) is 0.221. The molecule has 0 aliphatic heterocycles. The fourth-order valence-electron chi connectivity index (χ4n) is 3.13. The number of benzene rings is 3. The van der Waals surface area contributed by atoms with Gasteiger partial charge in [-0.2, -0.15) is 0 Å². The second kappa shape index (κ2) is 8.85. The summed E-state index contributed by atoms with van der Waals surface area (Å²) in [5.74, 6) is 6.53. The molecule has 4 aromatic rings. The number of hydrogen-bond donors (Lipinski definition) is 3. The maximum absolute atomic E-state index is 11.7. The van der Waals surface area contributed by atoms with Gasteiger partial charge in [-0.15, -0.1) is 0 Å². The molecular weight excluding hydrogens is 439 g/mol. The summed E-state index contributed by atoms with van der Waals surface area (Å²) in [7, 11) is 1.56. The van der Waals surface area contributed by atoms with Crippen molar-refractivity contribution in [2.75, 3.05) is 7.11 Å². The highest BCUT2D eigenvalue weighted by Gasteiger charge is 2.13. The van der Waals surface area contributed by atoms with Crippen molar-refractivity contribution in [2.45, 2.75) is 6.61 Å². The highest BCUT2D eigenvalue weighted by molar-refractivity contribution is 6.35. The number of rotatable bonds is 6.